The van der Waals surface area contributed by atoms with Crippen molar-refractivity contribution in [3.63, 3.8) is 0 Å². The second kappa shape index (κ2) is 11.5. The van der Waals surface area contributed by atoms with Gasteiger partial charge in [-0.3, -0.25) is 19.9 Å². The fourth-order valence-electron chi connectivity index (χ4n) is 4.57. The maximum atomic E-state index is 13.4. The molecular weight excluding hydrogens is 529 g/mol. The Hall–Kier alpha value is -3.77. The van der Waals surface area contributed by atoms with Gasteiger partial charge in [0.1, 0.15) is 0 Å². The van der Waals surface area contributed by atoms with Gasteiger partial charge in [-0.2, -0.15) is 13.2 Å². The number of thioether (sulfide) groups is 1. The summed E-state index contributed by atoms with van der Waals surface area (Å²) < 4.78 is 40.3. The molecule has 5 rings (SSSR count). The molecule has 12 heteroatoms. The Bertz CT molecular complexity index is 1410. The number of piperidine rings is 1. The van der Waals surface area contributed by atoms with Gasteiger partial charge in [-0.15, -0.1) is 0 Å². The number of hydrogen-bond acceptors (Lipinski definition) is 8. The number of pyridine rings is 1. The van der Waals surface area contributed by atoms with Gasteiger partial charge < -0.3 is 10.2 Å². The maximum absolute atomic E-state index is 13.4. The van der Waals surface area contributed by atoms with E-state index >= 15 is 0 Å². The van der Waals surface area contributed by atoms with Gasteiger partial charge in [-0.25, -0.2) is 9.97 Å². The van der Waals surface area contributed by atoms with Gasteiger partial charge in [0.05, 0.1) is 27.6 Å². The highest BCUT2D eigenvalue weighted by molar-refractivity contribution is 8.18. The average molecular weight is 555 g/mol. The van der Waals surface area contributed by atoms with Crippen LogP contribution in [0.2, 0.25) is 0 Å². The topological polar surface area (TPSA) is 100 Å². The van der Waals surface area contributed by atoms with Crippen LogP contribution in [0.25, 0.3) is 17.3 Å². The van der Waals surface area contributed by atoms with Crippen molar-refractivity contribution in [2.45, 2.75) is 25.6 Å². The molecule has 39 heavy (non-hydrogen) atoms. The lowest BCUT2D eigenvalue weighted by Gasteiger charge is -2.32. The summed E-state index contributed by atoms with van der Waals surface area (Å²) >= 11 is 0.848. The number of amides is 2. The molecule has 0 spiro atoms. The molecule has 0 radical (unpaired) electrons. The number of carbonyl (C=O) groups is 2. The highest BCUT2D eigenvalue weighted by Gasteiger charge is 2.33. The quantitative estimate of drug-likeness (QED) is 0.399. The first-order chi connectivity index (χ1) is 18.8. The summed E-state index contributed by atoms with van der Waals surface area (Å²) in [5.74, 6) is 0.572. The second-order valence-electron chi connectivity index (χ2n) is 9.25. The number of nitrogens with one attached hydrogen (secondary N) is 2. The molecule has 8 nitrogen and oxygen atoms in total. The smallest absolute Gasteiger partial charge is 0.341 e. The molecule has 3 aromatic rings. The van der Waals surface area contributed by atoms with E-state index < -0.39 is 22.9 Å². The highest BCUT2D eigenvalue weighted by atomic mass is 32.2. The SMILES string of the molecule is O=C1NC(=O)/C(=C/c2ccnc(N3CCC(CNCc4cccc(-c5ccccc5C(F)(F)F)n4)CC3)n2)S1. The van der Waals surface area contributed by atoms with E-state index in [2.05, 4.69) is 30.5 Å². The van der Waals surface area contributed by atoms with Gasteiger partial charge in [-0.1, -0.05) is 24.3 Å². The van der Waals surface area contributed by atoms with E-state index in [1.807, 2.05) is 0 Å². The van der Waals surface area contributed by atoms with Crippen LogP contribution in [0.3, 0.4) is 0 Å². The number of hydrogen-bond donors (Lipinski definition) is 2. The summed E-state index contributed by atoms with van der Waals surface area (Å²) in [5.41, 5.74) is 0.909. The average Bonchev–Trinajstić information content (AvgIpc) is 3.25. The van der Waals surface area contributed by atoms with Crippen LogP contribution in [0.15, 0.2) is 59.6 Å². The van der Waals surface area contributed by atoms with E-state index in [4.69, 9.17) is 0 Å². The minimum absolute atomic E-state index is 0.0699. The number of anilines is 1. The van der Waals surface area contributed by atoms with E-state index in [1.54, 1.807) is 42.6 Å². The van der Waals surface area contributed by atoms with E-state index in [1.165, 1.54) is 12.1 Å². The molecule has 2 aliphatic rings. The van der Waals surface area contributed by atoms with Gasteiger partial charge >= 0.3 is 6.18 Å². The maximum Gasteiger partial charge on any atom is 0.417 e. The third kappa shape index (κ3) is 6.63. The molecule has 2 N–H and O–H groups in total. The minimum atomic E-state index is -4.45. The van der Waals surface area contributed by atoms with Crippen molar-refractivity contribution >= 4 is 34.9 Å². The third-order valence-corrected chi connectivity index (χ3v) is 7.35. The van der Waals surface area contributed by atoms with Crippen LogP contribution in [0.5, 0.6) is 0 Å². The largest absolute Gasteiger partial charge is 0.417 e. The van der Waals surface area contributed by atoms with Crippen LogP contribution in [-0.4, -0.2) is 45.7 Å². The number of alkyl halides is 3. The Labute approximate surface area is 227 Å². The molecule has 2 aliphatic heterocycles. The number of halogens is 3. The van der Waals surface area contributed by atoms with E-state index in [-0.39, 0.29) is 5.56 Å². The lowest BCUT2D eigenvalue weighted by Crippen LogP contribution is -2.38. The summed E-state index contributed by atoms with van der Waals surface area (Å²) in [6.07, 6.45) is 0.603. The van der Waals surface area contributed by atoms with Crippen LogP contribution in [0, 0.1) is 5.92 Å². The van der Waals surface area contributed by atoms with Crippen molar-refractivity contribution in [2.75, 3.05) is 24.5 Å². The monoisotopic (exact) mass is 554 g/mol. The Morgan fingerprint density at radius 1 is 1.05 bits per heavy atom. The fraction of sp³-hybridized carbons (Fsp3) is 0.296. The zero-order valence-electron chi connectivity index (χ0n) is 20.7. The Kier molecular flexibility index (Phi) is 7.94. The van der Waals surface area contributed by atoms with E-state index in [0.29, 0.717) is 40.4 Å². The van der Waals surface area contributed by atoms with Crippen molar-refractivity contribution in [3.05, 3.63) is 76.6 Å². The normalized spacial score (nSPS) is 17.6. The molecule has 4 heterocycles. The molecule has 0 saturated carbocycles. The van der Waals surface area contributed by atoms with Crippen molar-refractivity contribution in [1.82, 2.24) is 25.6 Å². The molecule has 0 aliphatic carbocycles. The summed E-state index contributed by atoms with van der Waals surface area (Å²) in [4.78, 5) is 38.9. The molecule has 2 aromatic heterocycles. The summed E-state index contributed by atoms with van der Waals surface area (Å²) in [6, 6.07) is 12.3. The summed E-state index contributed by atoms with van der Waals surface area (Å²) in [7, 11) is 0. The van der Waals surface area contributed by atoms with Gasteiger partial charge in [0.25, 0.3) is 11.1 Å². The van der Waals surface area contributed by atoms with Gasteiger partial charge in [0, 0.05) is 31.4 Å². The molecule has 2 amide bonds. The van der Waals surface area contributed by atoms with Crippen molar-refractivity contribution in [1.29, 1.82) is 0 Å². The van der Waals surface area contributed by atoms with Crippen molar-refractivity contribution < 1.29 is 22.8 Å². The summed E-state index contributed by atoms with van der Waals surface area (Å²) in [5, 5.41) is 5.23. The third-order valence-electron chi connectivity index (χ3n) is 6.54. The van der Waals surface area contributed by atoms with Gasteiger partial charge in [-0.05, 0) is 67.4 Å². The van der Waals surface area contributed by atoms with Crippen LogP contribution in [-0.2, 0) is 17.5 Å². The second-order valence-corrected chi connectivity index (χ2v) is 10.3. The number of carbonyl (C=O) groups excluding carboxylic acids is 2. The zero-order valence-corrected chi connectivity index (χ0v) is 21.6. The first-order valence-corrected chi connectivity index (χ1v) is 13.2. The lowest BCUT2D eigenvalue weighted by molar-refractivity contribution is -0.137. The number of rotatable bonds is 7. The highest BCUT2D eigenvalue weighted by Crippen LogP contribution is 2.36. The van der Waals surface area contributed by atoms with Gasteiger partial charge in [0.2, 0.25) is 5.95 Å². The Morgan fingerprint density at radius 3 is 2.59 bits per heavy atom. The molecule has 202 valence electrons. The molecule has 0 atom stereocenters. The molecule has 0 unspecified atom stereocenters. The number of aromatic nitrogens is 3. The first-order valence-electron chi connectivity index (χ1n) is 12.4. The zero-order chi connectivity index (χ0) is 27.4. The first kappa shape index (κ1) is 26.8. The number of nitrogens with zero attached hydrogens (tertiary/aromatic N) is 4. The fourth-order valence-corrected chi connectivity index (χ4v) is 5.24. The Morgan fingerprint density at radius 2 is 1.85 bits per heavy atom. The van der Waals surface area contributed by atoms with Crippen molar-refractivity contribution in [3.8, 4) is 11.3 Å². The predicted molar refractivity (Wildman–Crippen MR) is 142 cm³/mol. The van der Waals surface area contributed by atoms with E-state index in [0.717, 1.165) is 50.3 Å². The van der Waals surface area contributed by atoms with Crippen LogP contribution in [0.1, 0.15) is 29.8 Å². The van der Waals surface area contributed by atoms with Crippen LogP contribution < -0.4 is 15.5 Å². The number of benzene rings is 1. The minimum Gasteiger partial charge on any atom is -0.341 e. The standard InChI is InChI=1S/C27H25F3N6O2S/c28-27(29,30)21-6-2-1-5-20(21)22-7-3-4-19(33-22)16-31-15-17-9-12-36(13-10-17)25-32-11-8-18(34-25)14-23-24(37)35-26(38)39-23/h1-8,11,14,17,31H,9-10,12-13,15-16H2,(H,35,37,38)/b23-14-. The summed E-state index contributed by atoms with van der Waals surface area (Å²) in [6.45, 7) is 2.74. The molecule has 1 aromatic carbocycles. The number of imide groups is 1. The van der Waals surface area contributed by atoms with Crippen molar-refractivity contribution in [2.24, 2.45) is 5.92 Å². The van der Waals surface area contributed by atoms with Crippen LogP contribution in [0.4, 0.5) is 23.9 Å². The van der Waals surface area contributed by atoms with Crippen LogP contribution >= 0.6 is 11.8 Å². The molecule has 2 fully saturated rings. The lowest BCUT2D eigenvalue weighted by atomic mass is 9.97. The molecule has 0 bridgehead atoms. The molecular formula is C27H25F3N6O2S. The predicted octanol–water partition coefficient (Wildman–Crippen LogP) is 4.89. The van der Waals surface area contributed by atoms with E-state index in [9.17, 15) is 22.8 Å². The molecule has 2 saturated heterocycles. The Balaban J connectivity index is 1.13. The van der Waals surface area contributed by atoms with Gasteiger partial charge in [0.15, 0.2) is 0 Å².